The highest BCUT2D eigenvalue weighted by Gasteiger charge is 2.27. The van der Waals surface area contributed by atoms with E-state index in [1.165, 1.54) is 6.08 Å². The number of amides is 2. The van der Waals surface area contributed by atoms with Gasteiger partial charge in [0, 0.05) is 39.2 Å². The van der Waals surface area contributed by atoms with Crippen LogP contribution in [0, 0.1) is 0 Å². The second-order valence-corrected chi connectivity index (χ2v) is 5.75. The molecule has 120 valence electrons. The lowest BCUT2D eigenvalue weighted by Crippen LogP contribution is -2.48. The maximum Gasteiger partial charge on any atom is 0.246 e. The largest absolute Gasteiger partial charge is 0.379 e. The molecule has 0 aromatic carbocycles. The van der Waals surface area contributed by atoms with Gasteiger partial charge in [0.1, 0.15) is 0 Å². The van der Waals surface area contributed by atoms with Crippen molar-refractivity contribution < 1.29 is 14.3 Å². The SMILES string of the molecule is C=CC(=O)N(CCCOC(C)C)C1CCN(C(C)=O)CC1. The molecule has 0 radical (unpaired) electrons. The minimum atomic E-state index is -0.0270. The fourth-order valence-electron chi connectivity index (χ4n) is 2.64. The molecule has 1 fully saturated rings. The third-order valence-electron chi connectivity index (χ3n) is 3.80. The average Bonchev–Trinajstić information content (AvgIpc) is 2.46. The van der Waals surface area contributed by atoms with Crippen LogP contribution >= 0.6 is 0 Å². The van der Waals surface area contributed by atoms with Crippen molar-refractivity contribution in [2.24, 2.45) is 0 Å². The van der Waals surface area contributed by atoms with Crippen LogP contribution in [0.1, 0.15) is 40.0 Å². The molecule has 1 heterocycles. The van der Waals surface area contributed by atoms with Crippen molar-refractivity contribution >= 4 is 11.8 Å². The van der Waals surface area contributed by atoms with Crippen molar-refractivity contribution in [2.75, 3.05) is 26.2 Å². The van der Waals surface area contributed by atoms with Crippen LogP contribution in [0.15, 0.2) is 12.7 Å². The van der Waals surface area contributed by atoms with Gasteiger partial charge in [-0.15, -0.1) is 0 Å². The van der Waals surface area contributed by atoms with E-state index in [2.05, 4.69) is 6.58 Å². The Kier molecular flexibility index (Phi) is 7.43. The highest BCUT2D eigenvalue weighted by atomic mass is 16.5. The molecule has 2 amide bonds. The number of piperidine rings is 1. The number of ether oxygens (including phenoxy) is 1. The molecule has 0 unspecified atom stereocenters. The van der Waals surface area contributed by atoms with Gasteiger partial charge in [-0.3, -0.25) is 9.59 Å². The summed E-state index contributed by atoms with van der Waals surface area (Å²) in [5.41, 5.74) is 0. The number of carbonyl (C=O) groups excluding carboxylic acids is 2. The molecule has 0 aliphatic carbocycles. The number of rotatable bonds is 7. The second-order valence-electron chi connectivity index (χ2n) is 5.75. The first-order valence-corrected chi connectivity index (χ1v) is 7.75. The zero-order valence-corrected chi connectivity index (χ0v) is 13.5. The molecule has 5 nitrogen and oxygen atoms in total. The molecule has 1 saturated heterocycles. The van der Waals surface area contributed by atoms with Crippen LogP contribution in [-0.4, -0.2) is 60.0 Å². The van der Waals surface area contributed by atoms with Crippen molar-refractivity contribution in [1.29, 1.82) is 0 Å². The van der Waals surface area contributed by atoms with E-state index in [9.17, 15) is 9.59 Å². The van der Waals surface area contributed by atoms with Gasteiger partial charge in [-0.25, -0.2) is 0 Å². The number of likely N-dealkylation sites (tertiary alicyclic amines) is 1. The van der Waals surface area contributed by atoms with E-state index in [0.29, 0.717) is 13.2 Å². The zero-order valence-electron chi connectivity index (χ0n) is 13.5. The van der Waals surface area contributed by atoms with Crippen LogP contribution in [-0.2, 0) is 14.3 Å². The minimum Gasteiger partial charge on any atom is -0.379 e. The molecule has 0 aromatic rings. The lowest BCUT2D eigenvalue weighted by Gasteiger charge is -2.38. The van der Waals surface area contributed by atoms with Crippen LogP contribution in [0.2, 0.25) is 0 Å². The molecule has 0 atom stereocenters. The monoisotopic (exact) mass is 296 g/mol. The molecule has 1 aliphatic rings. The number of carbonyl (C=O) groups is 2. The summed E-state index contributed by atoms with van der Waals surface area (Å²) in [6.45, 7) is 12.0. The standard InChI is InChI=1S/C16H28N2O3/c1-5-16(20)18(9-6-12-21-13(2)3)15-7-10-17(11-8-15)14(4)19/h5,13,15H,1,6-12H2,2-4H3. The van der Waals surface area contributed by atoms with Gasteiger partial charge in [-0.05, 0) is 39.2 Å². The van der Waals surface area contributed by atoms with E-state index in [1.807, 2.05) is 23.6 Å². The first kappa shape index (κ1) is 17.7. The molecular weight excluding hydrogens is 268 g/mol. The molecule has 0 aromatic heterocycles. The normalized spacial score (nSPS) is 16.1. The Labute approximate surface area is 127 Å². The van der Waals surface area contributed by atoms with Gasteiger partial charge in [0.05, 0.1) is 6.10 Å². The molecule has 0 N–H and O–H groups in total. The van der Waals surface area contributed by atoms with Gasteiger partial charge in [0.2, 0.25) is 11.8 Å². The fraction of sp³-hybridized carbons (Fsp3) is 0.750. The van der Waals surface area contributed by atoms with Gasteiger partial charge in [-0.1, -0.05) is 6.58 Å². The van der Waals surface area contributed by atoms with Gasteiger partial charge in [-0.2, -0.15) is 0 Å². The fourth-order valence-corrected chi connectivity index (χ4v) is 2.64. The molecule has 0 spiro atoms. The first-order valence-electron chi connectivity index (χ1n) is 7.75. The topological polar surface area (TPSA) is 49.9 Å². The smallest absolute Gasteiger partial charge is 0.246 e. The van der Waals surface area contributed by atoms with E-state index in [4.69, 9.17) is 4.74 Å². The van der Waals surface area contributed by atoms with Crippen LogP contribution in [0.25, 0.3) is 0 Å². The van der Waals surface area contributed by atoms with Crippen molar-refractivity contribution in [3.8, 4) is 0 Å². The Hall–Kier alpha value is -1.36. The van der Waals surface area contributed by atoms with E-state index >= 15 is 0 Å². The summed E-state index contributed by atoms with van der Waals surface area (Å²) in [5.74, 6) is 0.0844. The van der Waals surface area contributed by atoms with Crippen molar-refractivity contribution in [1.82, 2.24) is 9.80 Å². The summed E-state index contributed by atoms with van der Waals surface area (Å²) in [5, 5.41) is 0. The minimum absolute atomic E-state index is 0.0270. The third-order valence-corrected chi connectivity index (χ3v) is 3.80. The highest BCUT2D eigenvalue weighted by Crippen LogP contribution is 2.17. The second kappa shape index (κ2) is 8.82. The number of hydrogen-bond donors (Lipinski definition) is 0. The van der Waals surface area contributed by atoms with E-state index in [0.717, 1.165) is 32.4 Å². The van der Waals surface area contributed by atoms with Crippen LogP contribution in [0.4, 0.5) is 0 Å². The third kappa shape index (κ3) is 5.87. The summed E-state index contributed by atoms with van der Waals surface area (Å²) in [4.78, 5) is 27.1. The first-order chi connectivity index (χ1) is 9.95. The molecule has 5 heteroatoms. The summed E-state index contributed by atoms with van der Waals surface area (Å²) in [7, 11) is 0. The number of nitrogens with zero attached hydrogens (tertiary/aromatic N) is 2. The Morgan fingerprint density at radius 1 is 1.38 bits per heavy atom. The molecule has 0 bridgehead atoms. The Balaban J connectivity index is 2.48. The van der Waals surface area contributed by atoms with Gasteiger partial charge >= 0.3 is 0 Å². The van der Waals surface area contributed by atoms with Gasteiger partial charge < -0.3 is 14.5 Å². The Morgan fingerprint density at radius 3 is 2.48 bits per heavy atom. The Bertz CT molecular complexity index is 361. The van der Waals surface area contributed by atoms with Crippen LogP contribution in [0.5, 0.6) is 0 Å². The summed E-state index contributed by atoms with van der Waals surface area (Å²) >= 11 is 0. The molecular formula is C16H28N2O3. The predicted octanol–water partition coefficient (Wildman–Crippen LogP) is 1.83. The van der Waals surface area contributed by atoms with Crippen LogP contribution < -0.4 is 0 Å². The summed E-state index contributed by atoms with van der Waals surface area (Å²) in [6.07, 6.45) is 4.09. The lowest BCUT2D eigenvalue weighted by atomic mass is 10.0. The molecule has 21 heavy (non-hydrogen) atoms. The molecule has 1 aliphatic heterocycles. The zero-order chi connectivity index (χ0) is 15.8. The molecule has 1 rings (SSSR count). The average molecular weight is 296 g/mol. The van der Waals surface area contributed by atoms with E-state index < -0.39 is 0 Å². The summed E-state index contributed by atoms with van der Waals surface area (Å²) in [6, 6.07) is 0.199. The van der Waals surface area contributed by atoms with Gasteiger partial charge in [0.15, 0.2) is 0 Å². The lowest BCUT2D eigenvalue weighted by molar-refractivity contribution is -0.132. The molecule has 0 saturated carbocycles. The van der Waals surface area contributed by atoms with Crippen molar-refractivity contribution in [3.05, 3.63) is 12.7 Å². The van der Waals surface area contributed by atoms with Crippen LogP contribution in [0.3, 0.4) is 0 Å². The maximum absolute atomic E-state index is 12.0. The quantitative estimate of drug-likeness (QED) is 0.532. The maximum atomic E-state index is 12.0. The highest BCUT2D eigenvalue weighted by molar-refractivity contribution is 5.87. The Morgan fingerprint density at radius 2 is 2.00 bits per heavy atom. The van der Waals surface area contributed by atoms with E-state index in [-0.39, 0.29) is 24.0 Å². The van der Waals surface area contributed by atoms with Crippen molar-refractivity contribution in [3.63, 3.8) is 0 Å². The van der Waals surface area contributed by atoms with Crippen molar-refractivity contribution in [2.45, 2.75) is 52.2 Å². The summed E-state index contributed by atoms with van der Waals surface area (Å²) < 4.78 is 5.52. The van der Waals surface area contributed by atoms with E-state index in [1.54, 1.807) is 6.92 Å². The predicted molar refractivity (Wildman–Crippen MR) is 82.9 cm³/mol. The van der Waals surface area contributed by atoms with Gasteiger partial charge in [0.25, 0.3) is 0 Å². The number of hydrogen-bond acceptors (Lipinski definition) is 3.